The van der Waals surface area contributed by atoms with E-state index in [-0.39, 0.29) is 17.2 Å². The average molecular weight is 436 g/mol. The van der Waals surface area contributed by atoms with Gasteiger partial charge in [-0.1, -0.05) is 17.8 Å². The van der Waals surface area contributed by atoms with Crippen molar-refractivity contribution in [2.45, 2.75) is 31.0 Å². The van der Waals surface area contributed by atoms with Crippen LogP contribution in [0.25, 0.3) is 10.2 Å². The van der Waals surface area contributed by atoms with Crippen LogP contribution < -0.4 is 15.8 Å². The summed E-state index contributed by atoms with van der Waals surface area (Å²) in [5.41, 5.74) is 1.17. The number of allylic oxidation sites excluding steroid dienone is 1. The van der Waals surface area contributed by atoms with Gasteiger partial charge in [0.15, 0.2) is 5.16 Å². The highest BCUT2D eigenvalue weighted by Gasteiger charge is 2.23. The van der Waals surface area contributed by atoms with Crippen LogP contribution in [-0.4, -0.2) is 60.6 Å². The average Bonchev–Trinajstić information content (AvgIpc) is 3.30. The van der Waals surface area contributed by atoms with Gasteiger partial charge in [-0.05, 0) is 24.8 Å². The van der Waals surface area contributed by atoms with E-state index in [1.165, 1.54) is 27.1 Å². The van der Waals surface area contributed by atoms with Crippen LogP contribution in [0, 0.1) is 0 Å². The Balaban J connectivity index is 1.41. The molecule has 0 radical (unpaired) electrons. The molecule has 2 N–H and O–H groups in total. The Kier molecular flexibility index (Phi) is 6.69. The van der Waals surface area contributed by atoms with E-state index in [4.69, 9.17) is 9.72 Å². The summed E-state index contributed by atoms with van der Waals surface area (Å²) in [5, 5.41) is 4.34. The van der Waals surface area contributed by atoms with Crippen LogP contribution in [0.15, 0.2) is 22.6 Å². The summed E-state index contributed by atoms with van der Waals surface area (Å²) in [7, 11) is 0. The first-order valence-corrected chi connectivity index (χ1v) is 11.9. The molecule has 0 atom stereocenters. The maximum absolute atomic E-state index is 13.1. The first kappa shape index (κ1) is 20.6. The summed E-state index contributed by atoms with van der Waals surface area (Å²) >= 11 is 2.95. The predicted molar refractivity (Wildman–Crippen MR) is 116 cm³/mol. The van der Waals surface area contributed by atoms with E-state index in [0.29, 0.717) is 18.2 Å². The fourth-order valence-corrected chi connectivity index (χ4v) is 6.07. The minimum Gasteiger partial charge on any atom is -0.370 e. The highest BCUT2D eigenvalue weighted by molar-refractivity contribution is 7.99. The summed E-state index contributed by atoms with van der Waals surface area (Å²) in [6.07, 6.45) is 4.81. The number of nitrogens with one attached hydrogen (secondary N) is 2. The van der Waals surface area contributed by atoms with Gasteiger partial charge in [-0.3, -0.25) is 14.2 Å². The Bertz CT molecular complexity index is 963. The van der Waals surface area contributed by atoms with Crippen molar-refractivity contribution >= 4 is 39.2 Å². The predicted octanol–water partition coefficient (Wildman–Crippen LogP) is 0.256. The topological polar surface area (TPSA) is 77.7 Å². The maximum atomic E-state index is 13.1. The van der Waals surface area contributed by atoms with E-state index in [1.54, 1.807) is 22.0 Å². The Morgan fingerprint density at radius 1 is 1.38 bits per heavy atom. The number of fused-ring (bicyclic) bond motifs is 3. The number of aromatic nitrogens is 2. The molecular weight excluding hydrogens is 408 g/mol. The smallest absolute Gasteiger partial charge is 0.263 e. The number of carbonyl (C=O) groups excluding carboxylic acids is 1. The van der Waals surface area contributed by atoms with Crippen molar-refractivity contribution in [3.05, 3.63) is 33.4 Å². The molecule has 1 aliphatic heterocycles. The molecule has 2 aliphatic rings. The fraction of sp³-hybridized carbons (Fsp3) is 0.550. The molecule has 1 aliphatic carbocycles. The Morgan fingerprint density at radius 3 is 3.00 bits per heavy atom. The molecule has 1 fully saturated rings. The van der Waals surface area contributed by atoms with Gasteiger partial charge in [0.05, 0.1) is 37.4 Å². The van der Waals surface area contributed by atoms with E-state index in [9.17, 15) is 9.59 Å². The molecule has 0 spiro atoms. The van der Waals surface area contributed by atoms with Gasteiger partial charge in [0.25, 0.3) is 5.56 Å². The molecule has 1 saturated heterocycles. The summed E-state index contributed by atoms with van der Waals surface area (Å²) in [6, 6.07) is 0. The minimum absolute atomic E-state index is 0.00637. The molecule has 156 valence electrons. The van der Waals surface area contributed by atoms with Gasteiger partial charge in [-0.25, -0.2) is 4.98 Å². The van der Waals surface area contributed by atoms with E-state index in [2.05, 4.69) is 11.9 Å². The molecule has 4 rings (SSSR count). The number of thioether (sulfide) groups is 1. The molecule has 0 bridgehead atoms. The number of ether oxygens (including phenoxy) is 1. The SMILES string of the molecule is C=CCn1c(SCC(=O)NCC[NH+]2CCOCC2)nc2sc3c(c2c1=O)CCC3. The second kappa shape index (κ2) is 9.42. The molecule has 0 unspecified atom stereocenters. The highest BCUT2D eigenvalue weighted by Crippen LogP contribution is 2.35. The monoisotopic (exact) mass is 435 g/mol. The van der Waals surface area contributed by atoms with Crippen molar-refractivity contribution in [1.82, 2.24) is 14.9 Å². The Morgan fingerprint density at radius 2 is 2.21 bits per heavy atom. The van der Waals surface area contributed by atoms with Crippen LogP contribution in [-0.2, 0) is 28.9 Å². The van der Waals surface area contributed by atoms with Crippen LogP contribution in [0.1, 0.15) is 16.9 Å². The van der Waals surface area contributed by atoms with E-state index < -0.39 is 0 Å². The highest BCUT2D eigenvalue weighted by atomic mass is 32.2. The Hall–Kier alpha value is -1.68. The molecule has 2 aromatic heterocycles. The standard InChI is InChI=1S/C20H26N4O3S2/c1-2-7-24-19(26)17-14-4-3-5-15(14)29-18(17)22-20(24)28-13-16(25)21-6-8-23-9-11-27-12-10-23/h2H,1,3-13H2,(H,21,25)/p+1. The van der Waals surface area contributed by atoms with Crippen LogP contribution in [0.2, 0.25) is 0 Å². The number of amides is 1. The Labute approximate surface area is 178 Å². The summed E-state index contributed by atoms with van der Waals surface area (Å²) in [6.45, 7) is 9.30. The lowest BCUT2D eigenvalue weighted by Gasteiger charge is -2.23. The number of carbonyl (C=O) groups is 1. The first-order valence-electron chi connectivity index (χ1n) is 10.1. The molecule has 0 aromatic carbocycles. The third-order valence-corrected chi connectivity index (χ3v) is 7.60. The van der Waals surface area contributed by atoms with Crippen molar-refractivity contribution in [1.29, 1.82) is 0 Å². The van der Waals surface area contributed by atoms with Gasteiger partial charge in [0.1, 0.15) is 17.9 Å². The first-order chi connectivity index (χ1) is 14.2. The van der Waals surface area contributed by atoms with Crippen molar-refractivity contribution in [3.63, 3.8) is 0 Å². The number of aryl methyl sites for hydroxylation is 2. The van der Waals surface area contributed by atoms with Gasteiger partial charge in [0, 0.05) is 11.4 Å². The second-order valence-electron chi connectivity index (χ2n) is 7.39. The quantitative estimate of drug-likeness (QED) is 0.353. The second-order valence-corrected chi connectivity index (χ2v) is 9.41. The summed E-state index contributed by atoms with van der Waals surface area (Å²) in [5.74, 6) is 0.217. The molecule has 0 saturated carbocycles. The molecule has 9 heteroatoms. The van der Waals surface area contributed by atoms with Crippen molar-refractivity contribution in [3.8, 4) is 0 Å². The van der Waals surface area contributed by atoms with Crippen molar-refractivity contribution < 1.29 is 14.4 Å². The van der Waals surface area contributed by atoms with Gasteiger partial charge in [0.2, 0.25) is 5.91 Å². The van der Waals surface area contributed by atoms with Crippen LogP contribution in [0.3, 0.4) is 0 Å². The normalized spacial score (nSPS) is 16.8. The lowest BCUT2D eigenvalue weighted by molar-refractivity contribution is -0.906. The molecular formula is C20H27N4O3S2+. The number of rotatable bonds is 8. The summed E-state index contributed by atoms with van der Waals surface area (Å²) in [4.78, 5) is 33.7. The van der Waals surface area contributed by atoms with Gasteiger partial charge >= 0.3 is 0 Å². The minimum atomic E-state index is -0.0316. The van der Waals surface area contributed by atoms with Crippen LogP contribution in [0.5, 0.6) is 0 Å². The maximum Gasteiger partial charge on any atom is 0.263 e. The number of hydrogen-bond donors (Lipinski definition) is 2. The largest absolute Gasteiger partial charge is 0.370 e. The zero-order valence-corrected chi connectivity index (χ0v) is 18.1. The summed E-state index contributed by atoms with van der Waals surface area (Å²) < 4.78 is 7.00. The van der Waals surface area contributed by atoms with E-state index in [1.807, 2.05) is 0 Å². The number of morpholine rings is 1. The number of hydrogen-bond acceptors (Lipinski definition) is 6. The van der Waals surface area contributed by atoms with Gasteiger partial charge in [-0.2, -0.15) is 0 Å². The molecule has 1 amide bonds. The van der Waals surface area contributed by atoms with Crippen LogP contribution in [0.4, 0.5) is 0 Å². The molecule has 2 aromatic rings. The lowest BCUT2D eigenvalue weighted by Crippen LogP contribution is -3.14. The van der Waals surface area contributed by atoms with Crippen molar-refractivity contribution in [2.24, 2.45) is 0 Å². The third-order valence-electron chi connectivity index (χ3n) is 5.43. The number of nitrogens with zero attached hydrogens (tertiary/aromatic N) is 2. The van der Waals surface area contributed by atoms with Gasteiger partial charge in [-0.15, -0.1) is 17.9 Å². The fourth-order valence-electron chi connectivity index (χ4n) is 3.93. The number of quaternary nitrogens is 1. The number of thiophene rings is 1. The van der Waals surface area contributed by atoms with Gasteiger partial charge < -0.3 is 15.0 Å². The molecule has 7 nitrogen and oxygen atoms in total. The van der Waals surface area contributed by atoms with E-state index >= 15 is 0 Å². The zero-order valence-electron chi connectivity index (χ0n) is 16.5. The van der Waals surface area contributed by atoms with Crippen LogP contribution >= 0.6 is 23.1 Å². The molecule has 3 heterocycles. The van der Waals surface area contributed by atoms with E-state index in [0.717, 1.165) is 62.3 Å². The molecule has 29 heavy (non-hydrogen) atoms. The zero-order chi connectivity index (χ0) is 20.2. The van der Waals surface area contributed by atoms with Crippen molar-refractivity contribution in [2.75, 3.05) is 45.1 Å². The third kappa shape index (κ3) is 4.58. The lowest BCUT2D eigenvalue weighted by atomic mass is 10.2.